The third-order valence-corrected chi connectivity index (χ3v) is 2.00. The Labute approximate surface area is 88.2 Å². The predicted octanol–water partition coefficient (Wildman–Crippen LogP) is 1.63. The Kier molecular flexibility index (Phi) is 2.78. The summed E-state index contributed by atoms with van der Waals surface area (Å²) < 4.78 is 5.19. The molecule has 0 radical (unpaired) electrons. The summed E-state index contributed by atoms with van der Waals surface area (Å²) in [7, 11) is 0. The van der Waals surface area contributed by atoms with Crippen LogP contribution in [-0.4, -0.2) is 16.0 Å². The van der Waals surface area contributed by atoms with Crippen molar-refractivity contribution in [2.45, 2.75) is 19.4 Å². The average Bonchev–Trinajstić information content (AvgIpc) is 2.71. The number of hydrogen-bond acceptors (Lipinski definition) is 4. The molecule has 15 heavy (non-hydrogen) atoms. The number of nitrogens with two attached hydrogens (primary N) is 1. The minimum atomic E-state index is 0.128. The molecule has 78 valence electrons. The van der Waals surface area contributed by atoms with Crippen molar-refractivity contribution in [2.24, 2.45) is 5.73 Å². The number of aromatic nitrogens is 2. The van der Waals surface area contributed by atoms with Gasteiger partial charge in [0.05, 0.1) is 6.26 Å². The van der Waals surface area contributed by atoms with Gasteiger partial charge in [-0.3, -0.25) is 0 Å². The van der Waals surface area contributed by atoms with Crippen LogP contribution in [0.1, 0.15) is 12.5 Å². The molecule has 0 bridgehead atoms. The Balaban J connectivity index is 2.17. The molecule has 0 aliphatic heterocycles. The third-order valence-electron chi connectivity index (χ3n) is 2.00. The first-order valence-electron chi connectivity index (χ1n) is 4.86. The molecule has 0 aliphatic rings. The zero-order chi connectivity index (χ0) is 10.7. The van der Waals surface area contributed by atoms with E-state index >= 15 is 0 Å². The molecule has 0 spiro atoms. The number of hydrogen-bond donors (Lipinski definition) is 1. The molecule has 2 aromatic rings. The molecule has 0 aromatic carbocycles. The van der Waals surface area contributed by atoms with Crippen molar-refractivity contribution in [3.63, 3.8) is 0 Å². The molecule has 0 saturated heterocycles. The fourth-order valence-electron chi connectivity index (χ4n) is 1.37. The van der Waals surface area contributed by atoms with Gasteiger partial charge in [0, 0.05) is 18.4 Å². The molecule has 4 heteroatoms. The van der Waals surface area contributed by atoms with Gasteiger partial charge in [0.25, 0.3) is 0 Å². The van der Waals surface area contributed by atoms with Gasteiger partial charge in [0.2, 0.25) is 0 Å². The maximum absolute atomic E-state index is 5.68. The highest BCUT2D eigenvalue weighted by Crippen LogP contribution is 2.14. The van der Waals surface area contributed by atoms with Crippen LogP contribution in [0.3, 0.4) is 0 Å². The first-order chi connectivity index (χ1) is 7.25. The van der Waals surface area contributed by atoms with E-state index in [-0.39, 0.29) is 6.04 Å². The van der Waals surface area contributed by atoms with Crippen LogP contribution in [0.25, 0.3) is 11.6 Å². The summed E-state index contributed by atoms with van der Waals surface area (Å²) in [5, 5.41) is 0. The summed E-state index contributed by atoms with van der Waals surface area (Å²) in [6.07, 6.45) is 5.97. The van der Waals surface area contributed by atoms with Gasteiger partial charge in [-0.1, -0.05) is 0 Å². The van der Waals surface area contributed by atoms with Crippen LogP contribution < -0.4 is 5.73 Å². The Bertz CT molecular complexity index is 406. The van der Waals surface area contributed by atoms with Gasteiger partial charge in [-0.15, -0.1) is 0 Å². The molecule has 1 unspecified atom stereocenters. The minimum Gasteiger partial charge on any atom is -0.461 e. The molecule has 0 saturated carbocycles. The number of rotatable bonds is 3. The Morgan fingerprint density at radius 2 is 2.13 bits per heavy atom. The summed E-state index contributed by atoms with van der Waals surface area (Å²) >= 11 is 0. The fourth-order valence-corrected chi connectivity index (χ4v) is 1.37. The van der Waals surface area contributed by atoms with Crippen molar-refractivity contribution in [3.05, 3.63) is 36.4 Å². The zero-order valence-corrected chi connectivity index (χ0v) is 8.55. The molecule has 1 atom stereocenters. The summed E-state index contributed by atoms with van der Waals surface area (Å²) in [6.45, 7) is 1.96. The average molecular weight is 203 g/mol. The highest BCUT2D eigenvalue weighted by atomic mass is 16.3. The summed E-state index contributed by atoms with van der Waals surface area (Å²) in [5.74, 6) is 1.29. The van der Waals surface area contributed by atoms with E-state index in [1.54, 1.807) is 18.7 Å². The monoisotopic (exact) mass is 203 g/mol. The molecule has 0 fully saturated rings. The molecule has 2 heterocycles. The van der Waals surface area contributed by atoms with Gasteiger partial charge in [-0.25, -0.2) is 9.97 Å². The second-order valence-corrected chi connectivity index (χ2v) is 3.57. The van der Waals surface area contributed by atoms with E-state index < -0.39 is 0 Å². The van der Waals surface area contributed by atoms with Crippen molar-refractivity contribution in [3.8, 4) is 11.6 Å². The number of nitrogens with zero attached hydrogens (tertiary/aromatic N) is 2. The van der Waals surface area contributed by atoms with Crippen molar-refractivity contribution in [1.82, 2.24) is 9.97 Å². The fraction of sp³-hybridized carbons (Fsp3) is 0.273. The van der Waals surface area contributed by atoms with Crippen molar-refractivity contribution < 1.29 is 4.42 Å². The molecule has 4 nitrogen and oxygen atoms in total. The minimum absolute atomic E-state index is 0.128. The molecule has 2 aromatic heterocycles. The van der Waals surface area contributed by atoms with E-state index in [0.29, 0.717) is 11.6 Å². The lowest BCUT2D eigenvalue weighted by Gasteiger charge is -2.03. The van der Waals surface area contributed by atoms with Crippen LogP contribution in [0.15, 0.2) is 35.2 Å². The molecule has 0 aliphatic carbocycles. The standard InChI is InChI=1S/C11H13N3O/c1-8(12)5-9-6-13-11(14-7-9)10-3-2-4-15-10/h2-4,6-8H,5,12H2,1H3. The quantitative estimate of drug-likeness (QED) is 0.823. The second-order valence-electron chi connectivity index (χ2n) is 3.57. The van der Waals surface area contributed by atoms with Gasteiger partial charge in [0.15, 0.2) is 11.6 Å². The largest absolute Gasteiger partial charge is 0.461 e. The summed E-state index contributed by atoms with van der Waals surface area (Å²) in [4.78, 5) is 8.43. The van der Waals surface area contributed by atoms with Gasteiger partial charge in [-0.2, -0.15) is 0 Å². The van der Waals surface area contributed by atoms with Crippen molar-refractivity contribution in [2.75, 3.05) is 0 Å². The first-order valence-corrected chi connectivity index (χ1v) is 4.86. The first kappa shape index (κ1) is 9.86. The summed E-state index contributed by atoms with van der Waals surface area (Å²) in [6, 6.07) is 3.78. The SMILES string of the molecule is CC(N)Cc1cnc(-c2ccco2)nc1. The smallest absolute Gasteiger partial charge is 0.195 e. The highest BCUT2D eigenvalue weighted by Gasteiger charge is 2.04. The van der Waals surface area contributed by atoms with Crippen molar-refractivity contribution >= 4 is 0 Å². The van der Waals surface area contributed by atoms with E-state index in [4.69, 9.17) is 10.2 Å². The van der Waals surface area contributed by atoms with Crippen LogP contribution in [0.4, 0.5) is 0 Å². The van der Waals surface area contributed by atoms with E-state index in [1.807, 2.05) is 19.1 Å². The van der Waals surface area contributed by atoms with Crippen LogP contribution in [0.2, 0.25) is 0 Å². The Morgan fingerprint density at radius 1 is 1.40 bits per heavy atom. The molecule has 2 N–H and O–H groups in total. The van der Waals surface area contributed by atoms with Crippen LogP contribution >= 0.6 is 0 Å². The lowest BCUT2D eigenvalue weighted by Crippen LogP contribution is -2.17. The lowest BCUT2D eigenvalue weighted by molar-refractivity contribution is 0.577. The predicted molar refractivity (Wildman–Crippen MR) is 57.1 cm³/mol. The highest BCUT2D eigenvalue weighted by molar-refractivity contribution is 5.45. The molecular formula is C11H13N3O. The Morgan fingerprint density at radius 3 is 2.67 bits per heavy atom. The maximum Gasteiger partial charge on any atom is 0.195 e. The van der Waals surface area contributed by atoms with E-state index in [1.165, 1.54) is 0 Å². The van der Waals surface area contributed by atoms with Crippen LogP contribution in [0.5, 0.6) is 0 Å². The third kappa shape index (κ3) is 2.41. The number of furan rings is 1. The van der Waals surface area contributed by atoms with E-state index in [9.17, 15) is 0 Å². The van der Waals surface area contributed by atoms with Crippen LogP contribution in [-0.2, 0) is 6.42 Å². The van der Waals surface area contributed by atoms with E-state index in [2.05, 4.69) is 9.97 Å². The zero-order valence-electron chi connectivity index (χ0n) is 8.55. The van der Waals surface area contributed by atoms with Gasteiger partial charge >= 0.3 is 0 Å². The van der Waals surface area contributed by atoms with Gasteiger partial charge in [-0.05, 0) is 31.0 Å². The van der Waals surface area contributed by atoms with Crippen molar-refractivity contribution in [1.29, 1.82) is 0 Å². The van der Waals surface area contributed by atoms with E-state index in [0.717, 1.165) is 12.0 Å². The topological polar surface area (TPSA) is 64.9 Å². The molecular weight excluding hydrogens is 190 g/mol. The second kappa shape index (κ2) is 4.23. The molecule has 2 rings (SSSR count). The summed E-state index contributed by atoms with van der Waals surface area (Å²) in [5.41, 5.74) is 6.72. The lowest BCUT2D eigenvalue weighted by atomic mass is 10.1. The normalized spacial score (nSPS) is 12.7. The molecule has 0 amide bonds. The van der Waals surface area contributed by atoms with Crippen LogP contribution in [0, 0.1) is 0 Å². The maximum atomic E-state index is 5.68. The Hall–Kier alpha value is -1.68. The van der Waals surface area contributed by atoms with Gasteiger partial charge < -0.3 is 10.2 Å². The van der Waals surface area contributed by atoms with Gasteiger partial charge in [0.1, 0.15) is 0 Å².